The molecule has 1 unspecified atom stereocenters. The van der Waals surface area contributed by atoms with Gasteiger partial charge in [-0.2, -0.15) is 5.10 Å². The minimum atomic E-state index is -0.359. The zero-order valence-corrected chi connectivity index (χ0v) is 21.1. The number of rotatable bonds is 8. The zero-order valence-electron chi connectivity index (χ0n) is 20.3. The number of nitrogens with one attached hydrogen (secondary N) is 2. The van der Waals surface area contributed by atoms with Gasteiger partial charge >= 0.3 is 0 Å². The van der Waals surface area contributed by atoms with Crippen molar-refractivity contribution in [1.29, 1.82) is 5.41 Å². The second kappa shape index (κ2) is 9.72. The number of aliphatic hydroxyl groups is 1. The lowest BCUT2D eigenvalue weighted by Gasteiger charge is -2.32. The molecule has 5 rings (SSSR count). The number of halogens is 1. The maximum atomic E-state index is 14.8. The van der Waals surface area contributed by atoms with Crippen LogP contribution in [0, 0.1) is 24.1 Å². The number of aliphatic hydroxyl groups excluding tert-OH is 1. The van der Waals surface area contributed by atoms with Gasteiger partial charge in [0.25, 0.3) is 5.91 Å². The van der Waals surface area contributed by atoms with Gasteiger partial charge in [0.15, 0.2) is 0 Å². The van der Waals surface area contributed by atoms with E-state index >= 15 is 0 Å². The third-order valence-electron chi connectivity index (χ3n) is 7.05. The van der Waals surface area contributed by atoms with Crippen LogP contribution in [0.4, 0.5) is 4.39 Å². The Labute approximate surface area is 212 Å². The van der Waals surface area contributed by atoms with E-state index in [2.05, 4.69) is 10.4 Å². The lowest BCUT2D eigenvalue weighted by Crippen LogP contribution is -2.37. The normalized spacial score (nSPS) is 18.7. The standard InChI is InChI=1S/C25H30FN7O2S/c1-14-22(36-32-11-16(8-27)23(28)17(12-32)13-34)7-21(31(14)2)25(35)29-10-19-20(26)6-3-15-9-30-33(24(15)19)18-4-5-18/h3,6-9,17-18,27,34H,4-5,10-13,28H2,1-2H3,(H,29,35). The lowest BCUT2D eigenvalue weighted by molar-refractivity contribution is 0.0942. The highest BCUT2D eigenvalue weighted by Crippen LogP contribution is 2.38. The largest absolute Gasteiger partial charge is 0.401 e. The molecule has 2 aromatic heterocycles. The molecule has 5 N–H and O–H groups in total. The van der Waals surface area contributed by atoms with Crippen molar-refractivity contribution in [1.82, 2.24) is 24.0 Å². The third kappa shape index (κ3) is 4.42. The van der Waals surface area contributed by atoms with Crippen LogP contribution in [0.3, 0.4) is 0 Å². The van der Waals surface area contributed by atoms with E-state index in [0.29, 0.717) is 41.7 Å². The van der Waals surface area contributed by atoms with Gasteiger partial charge in [0, 0.05) is 71.6 Å². The number of nitrogens with two attached hydrogens (primary N) is 1. The average Bonchev–Trinajstić information content (AvgIpc) is 3.57. The van der Waals surface area contributed by atoms with Gasteiger partial charge in [-0.3, -0.25) is 9.48 Å². The fourth-order valence-corrected chi connectivity index (χ4v) is 5.81. The number of benzene rings is 1. The molecule has 3 heterocycles. The quantitative estimate of drug-likeness (QED) is 0.272. The van der Waals surface area contributed by atoms with Crippen LogP contribution in [-0.4, -0.2) is 55.6 Å². The highest BCUT2D eigenvalue weighted by atomic mass is 32.2. The van der Waals surface area contributed by atoms with E-state index in [1.807, 2.05) is 33.6 Å². The molecule has 1 aliphatic carbocycles. The van der Waals surface area contributed by atoms with Crippen LogP contribution >= 0.6 is 11.9 Å². The Balaban J connectivity index is 1.33. The van der Waals surface area contributed by atoms with Crippen LogP contribution in [0.15, 0.2) is 40.6 Å². The molecule has 0 bridgehead atoms. The maximum absolute atomic E-state index is 14.8. The number of amides is 1. The molecule has 190 valence electrons. The summed E-state index contributed by atoms with van der Waals surface area (Å²) in [4.78, 5) is 14.1. The fourth-order valence-electron chi connectivity index (χ4n) is 4.64. The summed E-state index contributed by atoms with van der Waals surface area (Å²) >= 11 is 1.47. The molecular weight excluding hydrogens is 481 g/mol. The first-order valence-electron chi connectivity index (χ1n) is 11.9. The Bertz CT molecular complexity index is 1370. The molecular formula is C25H30FN7O2S. The first kappa shape index (κ1) is 24.5. The van der Waals surface area contributed by atoms with E-state index < -0.39 is 0 Å². The van der Waals surface area contributed by atoms with Crippen LogP contribution in [-0.2, 0) is 13.6 Å². The number of aromatic nitrogens is 3. The second-order valence-electron chi connectivity index (χ2n) is 9.42. The molecule has 1 aromatic carbocycles. The highest BCUT2D eigenvalue weighted by molar-refractivity contribution is 7.97. The van der Waals surface area contributed by atoms with Crippen LogP contribution in [0.1, 0.15) is 40.6 Å². The number of nitrogens with zero attached hydrogens (tertiary/aromatic N) is 4. The topological polar surface area (TPSA) is 125 Å². The first-order valence-corrected chi connectivity index (χ1v) is 12.7. The zero-order chi connectivity index (χ0) is 25.6. The summed E-state index contributed by atoms with van der Waals surface area (Å²) in [6, 6.07) is 5.26. The van der Waals surface area contributed by atoms with Gasteiger partial charge in [-0.1, -0.05) is 0 Å². The molecule has 0 spiro atoms. The Morgan fingerprint density at radius 1 is 1.42 bits per heavy atom. The molecule has 3 aromatic rings. The Hall–Kier alpha value is -3.15. The molecule has 2 aliphatic rings. The van der Waals surface area contributed by atoms with Gasteiger partial charge in [0.1, 0.15) is 11.5 Å². The summed E-state index contributed by atoms with van der Waals surface area (Å²) in [6.45, 7) is 2.92. The van der Waals surface area contributed by atoms with Crippen LogP contribution in [0.2, 0.25) is 0 Å². The van der Waals surface area contributed by atoms with Crippen molar-refractivity contribution in [3.05, 3.63) is 58.4 Å². The summed E-state index contributed by atoms with van der Waals surface area (Å²) < 4.78 is 20.6. The second-order valence-corrected chi connectivity index (χ2v) is 10.6. The third-order valence-corrected chi connectivity index (χ3v) is 8.20. The molecule has 0 radical (unpaired) electrons. The Morgan fingerprint density at radius 2 is 2.19 bits per heavy atom. The van der Waals surface area contributed by atoms with Crippen LogP contribution in [0.25, 0.3) is 10.9 Å². The number of carbonyl (C=O) groups is 1. The van der Waals surface area contributed by atoms with Gasteiger partial charge in [0.05, 0.1) is 24.4 Å². The van der Waals surface area contributed by atoms with E-state index in [0.717, 1.165) is 34.3 Å². The molecule has 1 amide bonds. The van der Waals surface area contributed by atoms with Crippen molar-refractivity contribution in [2.24, 2.45) is 18.7 Å². The smallest absolute Gasteiger partial charge is 0.268 e. The molecule has 1 fully saturated rings. The average molecular weight is 512 g/mol. The van der Waals surface area contributed by atoms with E-state index in [1.165, 1.54) is 24.2 Å². The number of hydrogen-bond donors (Lipinski definition) is 4. The van der Waals surface area contributed by atoms with E-state index in [-0.39, 0.29) is 30.8 Å². The van der Waals surface area contributed by atoms with Crippen molar-refractivity contribution in [2.45, 2.75) is 37.2 Å². The van der Waals surface area contributed by atoms with Crippen molar-refractivity contribution >= 4 is 35.0 Å². The maximum Gasteiger partial charge on any atom is 0.268 e. The highest BCUT2D eigenvalue weighted by Gasteiger charge is 2.29. The predicted octanol–water partition coefficient (Wildman–Crippen LogP) is 2.88. The van der Waals surface area contributed by atoms with Crippen molar-refractivity contribution in [3.63, 3.8) is 0 Å². The van der Waals surface area contributed by atoms with Crippen LogP contribution in [0.5, 0.6) is 0 Å². The summed E-state index contributed by atoms with van der Waals surface area (Å²) in [5.74, 6) is -0.892. The summed E-state index contributed by atoms with van der Waals surface area (Å²) in [6.07, 6.45) is 5.04. The van der Waals surface area contributed by atoms with E-state index in [1.54, 1.807) is 12.3 Å². The summed E-state index contributed by atoms with van der Waals surface area (Å²) in [5, 5.41) is 25.5. The van der Waals surface area contributed by atoms with E-state index in [4.69, 9.17) is 11.1 Å². The molecule has 1 atom stereocenters. The summed E-state index contributed by atoms with van der Waals surface area (Å²) in [7, 11) is 1.82. The van der Waals surface area contributed by atoms with Crippen molar-refractivity contribution < 1.29 is 14.3 Å². The van der Waals surface area contributed by atoms with Crippen molar-refractivity contribution in [3.8, 4) is 0 Å². The van der Waals surface area contributed by atoms with Gasteiger partial charge in [0.2, 0.25) is 0 Å². The molecule has 11 heteroatoms. The monoisotopic (exact) mass is 511 g/mol. The molecule has 1 saturated carbocycles. The molecule has 9 nitrogen and oxygen atoms in total. The fraction of sp³-hybridized carbons (Fsp3) is 0.400. The first-order chi connectivity index (χ1) is 17.3. The Kier molecular flexibility index (Phi) is 6.62. The Morgan fingerprint density at radius 3 is 2.89 bits per heavy atom. The van der Waals surface area contributed by atoms with Crippen molar-refractivity contribution in [2.75, 3.05) is 19.7 Å². The number of fused-ring (bicyclic) bond motifs is 1. The molecule has 0 saturated heterocycles. The lowest BCUT2D eigenvalue weighted by atomic mass is 9.98. The van der Waals surface area contributed by atoms with Gasteiger partial charge in [-0.05, 0) is 49.9 Å². The van der Waals surface area contributed by atoms with Gasteiger partial charge in [-0.15, -0.1) is 0 Å². The minimum absolute atomic E-state index is 0.0597. The predicted molar refractivity (Wildman–Crippen MR) is 137 cm³/mol. The van der Waals surface area contributed by atoms with E-state index in [9.17, 15) is 14.3 Å². The SMILES string of the molecule is Cc1c(SN2CC(C=N)=C(N)C(CO)C2)cc(C(=O)NCc2c(F)ccc3cnn(C4CC4)c23)n1C. The van der Waals surface area contributed by atoms with Gasteiger partial charge < -0.3 is 26.1 Å². The number of carbonyl (C=O) groups excluding carboxylic acids is 1. The van der Waals surface area contributed by atoms with Crippen LogP contribution < -0.4 is 11.1 Å². The van der Waals surface area contributed by atoms with Gasteiger partial charge in [-0.25, -0.2) is 8.70 Å². The number of hydrogen-bond acceptors (Lipinski definition) is 7. The summed E-state index contributed by atoms with van der Waals surface area (Å²) in [5.41, 5.74) is 9.89. The molecule has 1 aliphatic heterocycles. The minimum Gasteiger partial charge on any atom is -0.401 e. The molecule has 36 heavy (non-hydrogen) atoms.